The summed E-state index contributed by atoms with van der Waals surface area (Å²) in [6.07, 6.45) is 6.87. The van der Waals surface area contributed by atoms with Crippen molar-refractivity contribution in [2.24, 2.45) is 5.92 Å². The van der Waals surface area contributed by atoms with E-state index < -0.39 is 0 Å². The zero-order valence-electron chi connectivity index (χ0n) is 17.2. The van der Waals surface area contributed by atoms with Crippen molar-refractivity contribution >= 4 is 5.91 Å². The van der Waals surface area contributed by atoms with Crippen molar-refractivity contribution in [2.75, 3.05) is 39.8 Å². The molecule has 0 radical (unpaired) electrons. The van der Waals surface area contributed by atoms with Gasteiger partial charge in [-0.2, -0.15) is 5.10 Å². The Labute approximate surface area is 172 Å². The van der Waals surface area contributed by atoms with Gasteiger partial charge in [-0.15, -0.1) is 0 Å². The largest absolute Gasteiger partial charge is 0.368 e. The minimum atomic E-state index is -0.340. The van der Waals surface area contributed by atoms with Crippen LogP contribution in [0.25, 0.3) is 5.69 Å². The monoisotopic (exact) mass is 394 g/mol. The summed E-state index contributed by atoms with van der Waals surface area (Å²) in [5.74, 6) is 0.486. The maximum absolute atomic E-state index is 13.0. The molecule has 0 N–H and O–H groups in total. The number of hydrogen-bond donors (Lipinski definition) is 0. The number of amides is 1. The quantitative estimate of drug-likeness (QED) is 0.786. The lowest BCUT2D eigenvalue weighted by Crippen LogP contribution is -2.51. The molecule has 5 rings (SSSR count). The summed E-state index contributed by atoms with van der Waals surface area (Å²) in [5, 5.41) is 4.95. The van der Waals surface area contributed by atoms with E-state index in [0.29, 0.717) is 5.91 Å². The molecule has 1 aromatic heterocycles. The molecule has 2 saturated heterocycles. The van der Waals surface area contributed by atoms with E-state index in [4.69, 9.17) is 9.84 Å². The average molecular weight is 395 g/mol. The number of fused-ring (bicyclic) bond motifs is 2. The maximum atomic E-state index is 13.0. The van der Waals surface area contributed by atoms with Gasteiger partial charge < -0.3 is 14.5 Å². The maximum Gasteiger partial charge on any atom is 0.226 e. The summed E-state index contributed by atoms with van der Waals surface area (Å²) in [6, 6.07) is 10.3. The average Bonchev–Trinajstić information content (AvgIpc) is 3.21. The summed E-state index contributed by atoms with van der Waals surface area (Å²) >= 11 is 0. The molecule has 6 nitrogen and oxygen atoms in total. The number of carbonyl (C=O) groups excluding carboxylic acids is 1. The molecule has 0 aliphatic carbocycles. The highest BCUT2D eigenvalue weighted by Crippen LogP contribution is 2.41. The highest BCUT2D eigenvalue weighted by Gasteiger charge is 2.44. The molecule has 2 aromatic rings. The fourth-order valence-corrected chi connectivity index (χ4v) is 5.21. The number of piperidine rings is 2. The molecule has 4 heterocycles. The number of ether oxygens (including phenoxy) is 1. The molecule has 1 aromatic carbocycles. The van der Waals surface area contributed by atoms with Crippen molar-refractivity contribution in [1.29, 1.82) is 0 Å². The number of hydrogen-bond acceptors (Lipinski definition) is 4. The van der Waals surface area contributed by atoms with Crippen LogP contribution in [0.5, 0.6) is 0 Å². The van der Waals surface area contributed by atoms with Crippen LogP contribution in [0.4, 0.5) is 0 Å². The first-order valence-electron chi connectivity index (χ1n) is 10.9. The Morgan fingerprint density at radius 2 is 1.97 bits per heavy atom. The zero-order chi connectivity index (χ0) is 19.8. The Bertz CT molecular complexity index is 870. The van der Waals surface area contributed by atoms with Crippen LogP contribution in [-0.4, -0.2) is 65.3 Å². The first-order chi connectivity index (χ1) is 14.1. The Kier molecular flexibility index (Phi) is 4.92. The smallest absolute Gasteiger partial charge is 0.226 e. The van der Waals surface area contributed by atoms with Gasteiger partial charge in [0.25, 0.3) is 0 Å². The lowest BCUT2D eigenvalue weighted by molar-refractivity contribution is -0.146. The van der Waals surface area contributed by atoms with E-state index in [9.17, 15) is 4.79 Å². The number of likely N-dealkylation sites (tertiary alicyclic amines) is 2. The molecular weight excluding hydrogens is 364 g/mol. The van der Waals surface area contributed by atoms with Crippen molar-refractivity contribution in [2.45, 2.75) is 37.7 Å². The number of carbonyl (C=O) groups is 1. The lowest BCUT2D eigenvalue weighted by atomic mass is 9.83. The van der Waals surface area contributed by atoms with Gasteiger partial charge in [0, 0.05) is 25.8 Å². The second kappa shape index (κ2) is 7.58. The molecule has 154 valence electrons. The molecule has 1 spiro atoms. The van der Waals surface area contributed by atoms with Crippen LogP contribution >= 0.6 is 0 Å². The van der Waals surface area contributed by atoms with Gasteiger partial charge in [0.1, 0.15) is 5.60 Å². The van der Waals surface area contributed by atoms with Crippen LogP contribution in [0.1, 0.15) is 36.9 Å². The summed E-state index contributed by atoms with van der Waals surface area (Å²) in [4.78, 5) is 17.4. The molecule has 1 amide bonds. The van der Waals surface area contributed by atoms with E-state index in [1.165, 1.54) is 5.56 Å². The highest BCUT2D eigenvalue weighted by molar-refractivity contribution is 5.79. The lowest BCUT2D eigenvalue weighted by Gasteiger charge is -2.44. The van der Waals surface area contributed by atoms with Gasteiger partial charge in [-0.3, -0.25) is 4.79 Å². The van der Waals surface area contributed by atoms with E-state index in [0.717, 1.165) is 76.3 Å². The minimum absolute atomic E-state index is 0.155. The van der Waals surface area contributed by atoms with Gasteiger partial charge in [0.05, 0.1) is 23.9 Å². The predicted octanol–water partition coefficient (Wildman–Crippen LogP) is 2.60. The van der Waals surface area contributed by atoms with E-state index in [1.807, 2.05) is 22.9 Å². The van der Waals surface area contributed by atoms with Crippen LogP contribution in [0.15, 0.2) is 36.5 Å². The van der Waals surface area contributed by atoms with Gasteiger partial charge in [-0.25, -0.2) is 4.68 Å². The van der Waals surface area contributed by atoms with Crippen LogP contribution in [0.3, 0.4) is 0 Å². The fraction of sp³-hybridized carbons (Fsp3) is 0.565. The third-order valence-corrected chi connectivity index (χ3v) is 6.85. The molecule has 0 bridgehead atoms. The van der Waals surface area contributed by atoms with Crippen molar-refractivity contribution in [3.63, 3.8) is 0 Å². The molecule has 3 aliphatic rings. The number of para-hydroxylation sites is 1. The van der Waals surface area contributed by atoms with Crippen molar-refractivity contribution in [3.05, 3.63) is 47.8 Å². The van der Waals surface area contributed by atoms with Gasteiger partial charge >= 0.3 is 0 Å². The van der Waals surface area contributed by atoms with E-state index >= 15 is 0 Å². The first-order valence-corrected chi connectivity index (χ1v) is 10.9. The third-order valence-electron chi connectivity index (χ3n) is 6.85. The molecule has 3 aliphatic heterocycles. The second-order valence-electron chi connectivity index (χ2n) is 8.80. The number of nitrogens with zero attached hydrogens (tertiary/aromatic N) is 4. The van der Waals surface area contributed by atoms with Crippen molar-refractivity contribution in [1.82, 2.24) is 19.6 Å². The molecule has 29 heavy (non-hydrogen) atoms. The number of rotatable bonds is 2. The summed E-state index contributed by atoms with van der Waals surface area (Å²) in [7, 11) is 2.12. The van der Waals surface area contributed by atoms with Crippen LogP contribution < -0.4 is 0 Å². The molecule has 1 unspecified atom stereocenters. The minimum Gasteiger partial charge on any atom is -0.368 e. The fourth-order valence-electron chi connectivity index (χ4n) is 5.21. The number of benzene rings is 1. The van der Waals surface area contributed by atoms with E-state index in [1.54, 1.807) is 0 Å². The third kappa shape index (κ3) is 3.49. The van der Waals surface area contributed by atoms with E-state index in [2.05, 4.69) is 35.2 Å². The molecule has 2 fully saturated rings. The highest BCUT2D eigenvalue weighted by atomic mass is 16.5. The standard InChI is InChI=1S/C23H30N4O2/c1-25-12-5-6-19(16-25)22(28)26-13-10-23(11-14-26)21-18(9-15-29-23)17-27(24-21)20-7-3-2-4-8-20/h2-4,7-8,17,19H,5-6,9-16H2,1H3. The first kappa shape index (κ1) is 18.8. The topological polar surface area (TPSA) is 50.6 Å². The Balaban J connectivity index is 1.32. The summed E-state index contributed by atoms with van der Waals surface area (Å²) < 4.78 is 8.33. The second-order valence-corrected chi connectivity index (χ2v) is 8.80. The molecule has 1 atom stereocenters. The summed E-state index contributed by atoms with van der Waals surface area (Å²) in [5.41, 5.74) is 3.10. The Hall–Kier alpha value is -2.18. The van der Waals surface area contributed by atoms with Crippen LogP contribution in [0, 0.1) is 5.92 Å². The predicted molar refractivity (Wildman–Crippen MR) is 111 cm³/mol. The zero-order valence-corrected chi connectivity index (χ0v) is 17.2. The Morgan fingerprint density at radius 3 is 2.72 bits per heavy atom. The molecular formula is C23H30N4O2. The molecule has 0 saturated carbocycles. The molecule has 6 heteroatoms. The van der Waals surface area contributed by atoms with Crippen molar-refractivity contribution in [3.8, 4) is 5.69 Å². The number of aromatic nitrogens is 2. The van der Waals surface area contributed by atoms with Crippen molar-refractivity contribution < 1.29 is 9.53 Å². The van der Waals surface area contributed by atoms with Gasteiger partial charge in [-0.1, -0.05) is 18.2 Å². The normalized spacial score (nSPS) is 24.4. The Morgan fingerprint density at radius 1 is 1.17 bits per heavy atom. The SMILES string of the molecule is CN1CCCC(C(=O)N2CCC3(CC2)OCCc2cn(-c4ccccc4)nc23)C1. The van der Waals surface area contributed by atoms with Gasteiger partial charge in [-0.05, 0) is 63.4 Å². The van der Waals surface area contributed by atoms with E-state index in [-0.39, 0.29) is 11.5 Å². The van der Waals surface area contributed by atoms with Gasteiger partial charge in [0.15, 0.2) is 0 Å². The van der Waals surface area contributed by atoms with Crippen LogP contribution in [-0.2, 0) is 21.6 Å². The van der Waals surface area contributed by atoms with Crippen LogP contribution in [0.2, 0.25) is 0 Å². The van der Waals surface area contributed by atoms with Gasteiger partial charge in [0.2, 0.25) is 5.91 Å². The summed E-state index contributed by atoms with van der Waals surface area (Å²) in [6.45, 7) is 4.25.